The van der Waals surface area contributed by atoms with Crippen molar-refractivity contribution in [3.8, 4) is 0 Å². The predicted octanol–water partition coefficient (Wildman–Crippen LogP) is 2.63. The lowest BCUT2D eigenvalue weighted by molar-refractivity contribution is -0.137. The fourth-order valence-corrected chi connectivity index (χ4v) is 1.72. The summed E-state index contributed by atoms with van der Waals surface area (Å²) in [5.41, 5.74) is -1.32. The number of aliphatic hydroxyl groups is 1. The highest BCUT2D eigenvalue weighted by Crippen LogP contribution is 2.32. The molecule has 7 heteroatoms. The summed E-state index contributed by atoms with van der Waals surface area (Å²) in [4.78, 5) is 0. The van der Waals surface area contributed by atoms with Gasteiger partial charge in [0.1, 0.15) is 5.82 Å². The zero-order chi connectivity index (χ0) is 15.5. The molecule has 1 aromatic rings. The zero-order valence-electron chi connectivity index (χ0n) is 10.9. The van der Waals surface area contributed by atoms with Crippen LogP contribution in [0.3, 0.4) is 0 Å². The fourth-order valence-electron chi connectivity index (χ4n) is 1.72. The Morgan fingerprint density at radius 3 is 2.50 bits per heavy atom. The number of alkyl halides is 3. The summed E-state index contributed by atoms with van der Waals surface area (Å²) < 4.78 is 51.0. The van der Waals surface area contributed by atoms with Gasteiger partial charge in [0.15, 0.2) is 0 Å². The highest BCUT2D eigenvalue weighted by Gasteiger charge is 2.32. The molecule has 0 unspecified atom stereocenters. The van der Waals surface area contributed by atoms with E-state index in [0.29, 0.717) is 12.1 Å². The van der Waals surface area contributed by atoms with E-state index in [1.54, 1.807) is 0 Å². The second-order valence-electron chi connectivity index (χ2n) is 4.44. The minimum absolute atomic E-state index is 0.177. The standard InChI is InChI=1S/C13H16F4N2O/c1-3-4-19(18)8(2)12(20)9-5-10(13(15,16)17)7-11(14)6-9/h3,5-8,12,20H,1,4,18H2,2H3/t8-,12-/m0/s1. The molecule has 1 aromatic carbocycles. The first kappa shape index (κ1) is 16.6. The van der Waals surface area contributed by atoms with Gasteiger partial charge in [0.05, 0.1) is 17.7 Å². The van der Waals surface area contributed by atoms with Crippen LogP contribution in [-0.4, -0.2) is 22.7 Å². The minimum atomic E-state index is -4.68. The van der Waals surface area contributed by atoms with Gasteiger partial charge in [0.2, 0.25) is 0 Å². The smallest absolute Gasteiger partial charge is 0.387 e. The molecule has 0 spiro atoms. The van der Waals surface area contributed by atoms with Crippen molar-refractivity contribution in [3.05, 3.63) is 47.8 Å². The van der Waals surface area contributed by atoms with E-state index in [2.05, 4.69) is 6.58 Å². The molecule has 0 saturated carbocycles. The number of hydrogen-bond acceptors (Lipinski definition) is 3. The van der Waals surface area contributed by atoms with Gasteiger partial charge in [0, 0.05) is 6.54 Å². The summed E-state index contributed by atoms with van der Waals surface area (Å²) in [6.45, 7) is 5.22. The third-order valence-electron chi connectivity index (χ3n) is 2.91. The first-order valence-electron chi connectivity index (χ1n) is 5.84. The van der Waals surface area contributed by atoms with Crippen LogP contribution in [0.4, 0.5) is 17.6 Å². The van der Waals surface area contributed by atoms with Gasteiger partial charge in [-0.1, -0.05) is 6.08 Å². The number of aliphatic hydroxyl groups excluding tert-OH is 1. The van der Waals surface area contributed by atoms with Crippen LogP contribution < -0.4 is 5.84 Å². The summed E-state index contributed by atoms with van der Waals surface area (Å²) in [5, 5.41) is 11.2. The molecule has 0 aliphatic heterocycles. The van der Waals surface area contributed by atoms with Crippen molar-refractivity contribution in [3.63, 3.8) is 0 Å². The van der Waals surface area contributed by atoms with Gasteiger partial charge < -0.3 is 5.11 Å². The van der Waals surface area contributed by atoms with Crippen molar-refractivity contribution in [1.82, 2.24) is 5.01 Å². The van der Waals surface area contributed by atoms with E-state index >= 15 is 0 Å². The first-order valence-corrected chi connectivity index (χ1v) is 5.84. The zero-order valence-corrected chi connectivity index (χ0v) is 10.9. The molecular formula is C13H16F4N2O. The summed E-state index contributed by atoms with van der Waals surface area (Å²) in [5.74, 6) is 4.55. The van der Waals surface area contributed by atoms with Crippen molar-refractivity contribution in [1.29, 1.82) is 0 Å². The van der Waals surface area contributed by atoms with E-state index in [-0.39, 0.29) is 12.1 Å². The molecule has 0 bridgehead atoms. The number of hydrazine groups is 1. The van der Waals surface area contributed by atoms with Crippen molar-refractivity contribution >= 4 is 0 Å². The van der Waals surface area contributed by atoms with Gasteiger partial charge in [0.25, 0.3) is 0 Å². The summed E-state index contributed by atoms with van der Waals surface area (Å²) >= 11 is 0. The second kappa shape index (κ2) is 6.34. The van der Waals surface area contributed by atoms with Crippen LogP contribution in [0.1, 0.15) is 24.2 Å². The average molecular weight is 292 g/mol. The number of hydrogen-bond donors (Lipinski definition) is 2. The topological polar surface area (TPSA) is 49.5 Å². The highest BCUT2D eigenvalue weighted by molar-refractivity contribution is 5.29. The quantitative estimate of drug-likeness (QED) is 0.379. The Bertz CT molecular complexity index is 476. The van der Waals surface area contributed by atoms with Gasteiger partial charge in [-0.05, 0) is 30.7 Å². The predicted molar refractivity (Wildman–Crippen MR) is 66.9 cm³/mol. The van der Waals surface area contributed by atoms with Crippen molar-refractivity contribution in [2.45, 2.75) is 25.2 Å². The van der Waals surface area contributed by atoms with Gasteiger partial charge >= 0.3 is 6.18 Å². The molecular weight excluding hydrogens is 276 g/mol. The summed E-state index contributed by atoms with van der Waals surface area (Å²) in [7, 11) is 0. The normalized spacial score (nSPS) is 15.2. The van der Waals surface area contributed by atoms with E-state index in [4.69, 9.17) is 5.84 Å². The maximum Gasteiger partial charge on any atom is 0.416 e. The largest absolute Gasteiger partial charge is 0.416 e. The van der Waals surface area contributed by atoms with E-state index in [9.17, 15) is 22.7 Å². The van der Waals surface area contributed by atoms with Crippen molar-refractivity contribution < 1.29 is 22.7 Å². The number of nitrogens with two attached hydrogens (primary N) is 1. The molecule has 2 atom stereocenters. The Morgan fingerprint density at radius 1 is 1.40 bits per heavy atom. The number of nitrogens with zero attached hydrogens (tertiary/aromatic N) is 1. The van der Waals surface area contributed by atoms with Gasteiger partial charge in [-0.2, -0.15) is 13.2 Å². The monoisotopic (exact) mass is 292 g/mol. The lowest BCUT2D eigenvalue weighted by atomic mass is 10.0. The Labute approximate surface area is 114 Å². The average Bonchev–Trinajstić information content (AvgIpc) is 2.35. The van der Waals surface area contributed by atoms with Crippen LogP contribution in [0.25, 0.3) is 0 Å². The van der Waals surface area contributed by atoms with E-state index in [0.717, 1.165) is 6.07 Å². The van der Waals surface area contributed by atoms with Crippen LogP contribution in [0.15, 0.2) is 30.9 Å². The van der Waals surface area contributed by atoms with Crippen LogP contribution in [-0.2, 0) is 6.18 Å². The molecule has 0 saturated heterocycles. The van der Waals surface area contributed by atoms with Crippen LogP contribution in [0, 0.1) is 5.82 Å². The molecule has 0 fully saturated rings. The molecule has 20 heavy (non-hydrogen) atoms. The molecule has 0 heterocycles. The summed E-state index contributed by atoms with van der Waals surface area (Å²) in [6.07, 6.45) is -4.55. The molecule has 3 nitrogen and oxygen atoms in total. The SMILES string of the molecule is C=CCN(N)[C@@H](C)[C@H](O)c1cc(F)cc(C(F)(F)F)c1. The molecule has 1 rings (SSSR count). The lowest BCUT2D eigenvalue weighted by Gasteiger charge is -2.28. The number of halogens is 4. The maximum absolute atomic E-state index is 13.3. The number of benzene rings is 1. The Morgan fingerprint density at radius 2 is 2.00 bits per heavy atom. The van der Waals surface area contributed by atoms with Crippen LogP contribution in [0.2, 0.25) is 0 Å². The second-order valence-corrected chi connectivity index (χ2v) is 4.44. The Balaban J connectivity index is 3.07. The first-order chi connectivity index (χ1) is 9.16. The fraction of sp³-hybridized carbons (Fsp3) is 0.385. The molecule has 0 radical (unpaired) electrons. The third kappa shape index (κ3) is 4.03. The van der Waals surface area contributed by atoms with Gasteiger partial charge in [-0.25, -0.2) is 9.40 Å². The molecule has 0 aliphatic carbocycles. The highest BCUT2D eigenvalue weighted by atomic mass is 19.4. The molecule has 0 aromatic heterocycles. The van der Waals surface area contributed by atoms with Gasteiger partial charge in [-0.15, -0.1) is 6.58 Å². The van der Waals surface area contributed by atoms with Crippen LogP contribution in [0.5, 0.6) is 0 Å². The molecule has 3 N–H and O–H groups in total. The molecule has 112 valence electrons. The van der Waals surface area contributed by atoms with Gasteiger partial charge in [-0.3, -0.25) is 5.84 Å². The summed E-state index contributed by atoms with van der Waals surface area (Å²) in [6, 6.07) is 1.26. The third-order valence-corrected chi connectivity index (χ3v) is 2.91. The lowest BCUT2D eigenvalue weighted by Crippen LogP contribution is -2.42. The van der Waals surface area contributed by atoms with E-state index < -0.39 is 29.7 Å². The minimum Gasteiger partial charge on any atom is -0.387 e. The van der Waals surface area contributed by atoms with Crippen molar-refractivity contribution in [2.24, 2.45) is 5.84 Å². The maximum atomic E-state index is 13.3. The molecule has 0 amide bonds. The van der Waals surface area contributed by atoms with Crippen LogP contribution >= 0.6 is 0 Å². The van der Waals surface area contributed by atoms with E-state index in [1.807, 2.05) is 0 Å². The van der Waals surface area contributed by atoms with Crippen molar-refractivity contribution in [2.75, 3.05) is 6.54 Å². The Kier molecular flexibility index (Phi) is 5.27. The Hall–Kier alpha value is -1.44. The number of rotatable bonds is 5. The van der Waals surface area contributed by atoms with E-state index in [1.165, 1.54) is 18.0 Å². The molecule has 0 aliphatic rings.